The molecule has 0 saturated carbocycles. The first-order chi connectivity index (χ1) is 11.5. The van der Waals surface area contributed by atoms with E-state index in [9.17, 15) is 9.18 Å². The van der Waals surface area contributed by atoms with E-state index in [1.165, 1.54) is 24.8 Å². The van der Waals surface area contributed by atoms with E-state index in [4.69, 9.17) is 4.74 Å². The van der Waals surface area contributed by atoms with Crippen LogP contribution in [0.5, 0.6) is 5.75 Å². The molecule has 0 bridgehead atoms. The molecule has 24 heavy (non-hydrogen) atoms. The van der Waals surface area contributed by atoms with Gasteiger partial charge in [0, 0.05) is 5.56 Å². The second kappa shape index (κ2) is 7.81. The van der Waals surface area contributed by atoms with Crippen molar-refractivity contribution < 1.29 is 18.7 Å². The largest absolute Gasteiger partial charge is 0.488 e. The Hall–Kier alpha value is -2.56. The van der Waals surface area contributed by atoms with Crippen LogP contribution in [0.3, 0.4) is 0 Å². The highest BCUT2D eigenvalue weighted by atomic mass is 19.1. The molecule has 2 aromatic rings. The molecule has 0 atom stereocenters. The monoisotopic (exact) mass is 331 g/mol. The third-order valence-corrected chi connectivity index (χ3v) is 3.97. The minimum absolute atomic E-state index is 0.0154. The minimum atomic E-state index is -0.651. The van der Waals surface area contributed by atoms with E-state index in [0.29, 0.717) is 5.69 Å². The molecule has 5 heteroatoms. The van der Waals surface area contributed by atoms with Gasteiger partial charge >= 0.3 is 6.09 Å². The van der Waals surface area contributed by atoms with Crippen molar-refractivity contribution in [2.75, 3.05) is 12.4 Å². The maximum absolute atomic E-state index is 14.2. The molecule has 0 unspecified atom stereocenters. The maximum Gasteiger partial charge on any atom is 0.411 e. The normalized spacial score (nSPS) is 10.4. The summed E-state index contributed by atoms with van der Waals surface area (Å²) in [5.74, 6) is 0.290. The molecule has 0 saturated heterocycles. The van der Waals surface area contributed by atoms with Gasteiger partial charge in [0.2, 0.25) is 0 Å². The SMILES string of the molecule is CCc1cc(C)c(C)cc1OCc1c(F)cccc1NC(=O)OC. The summed E-state index contributed by atoms with van der Waals surface area (Å²) >= 11 is 0. The zero-order valence-corrected chi connectivity index (χ0v) is 14.4. The van der Waals surface area contributed by atoms with Crippen LogP contribution in [0.15, 0.2) is 30.3 Å². The molecule has 0 fully saturated rings. The van der Waals surface area contributed by atoms with Crippen molar-refractivity contribution in [3.8, 4) is 5.75 Å². The molecule has 1 amide bonds. The summed E-state index contributed by atoms with van der Waals surface area (Å²) in [4.78, 5) is 11.4. The second-order valence-electron chi connectivity index (χ2n) is 5.57. The summed E-state index contributed by atoms with van der Waals surface area (Å²) in [6, 6.07) is 8.52. The van der Waals surface area contributed by atoms with Gasteiger partial charge in [0.15, 0.2) is 0 Å². The number of aryl methyl sites for hydroxylation is 3. The highest BCUT2D eigenvalue weighted by Crippen LogP contribution is 2.27. The Bertz CT molecular complexity index is 744. The fraction of sp³-hybridized carbons (Fsp3) is 0.316. The number of nitrogens with one attached hydrogen (secondary N) is 1. The van der Waals surface area contributed by atoms with Gasteiger partial charge in [-0.15, -0.1) is 0 Å². The Morgan fingerprint density at radius 1 is 1.21 bits per heavy atom. The Labute approximate surface area is 141 Å². The summed E-state index contributed by atoms with van der Waals surface area (Å²) < 4.78 is 24.6. The van der Waals surface area contributed by atoms with E-state index in [1.54, 1.807) is 6.07 Å². The molecule has 0 heterocycles. The summed E-state index contributed by atoms with van der Waals surface area (Å²) in [7, 11) is 1.26. The zero-order valence-electron chi connectivity index (χ0n) is 14.4. The van der Waals surface area contributed by atoms with E-state index in [-0.39, 0.29) is 12.2 Å². The predicted octanol–water partition coefficient (Wildman–Crippen LogP) is 4.76. The van der Waals surface area contributed by atoms with Gasteiger partial charge < -0.3 is 9.47 Å². The van der Waals surface area contributed by atoms with E-state index in [0.717, 1.165) is 23.3 Å². The lowest BCUT2D eigenvalue weighted by molar-refractivity contribution is 0.187. The average molecular weight is 331 g/mol. The van der Waals surface area contributed by atoms with Gasteiger partial charge in [-0.25, -0.2) is 9.18 Å². The standard InChI is InChI=1S/C19H22FNO3/c1-5-14-9-12(2)13(3)10-18(14)24-11-15-16(20)7-6-8-17(15)21-19(22)23-4/h6-10H,5,11H2,1-4H3,(H,21,22). The molecule has 0 aliphatic carbocycles. The number of halogens is 1. The van der Waals surface area contributed by atoms with Crippen LogP contribution < -0.4 is 10.1 Å². The lowest BCUT2D eigenvalue weighted by Crippen LogP contribution is -2.14. The fourth-order valence-corrected chi connectivity index (χ4v) is 2.39. The van der Waals surface area contributed by atoms with Gasteiger partial charge in [-0.1, -0.05) is 19.1 Å². The van der Waals surface area contributed by atoms with Crippen LogP contribution in [-0.2, 0) is 17.8 Å². The van der Waals surface area contributed by atoms with Gasteiger partial charge in [0.05, 0.1) is 12.8 Å². The number of hydrogen-bond donors (Lipinski definition) is 1. The molecule has 2 rings (SSSR count). The third kappa shape index (κ3) is 4.04. The van der Waals surface area contributed by atoms with Crippen LogP contribution in [0.25, 0.3) is 0 Å². The van der Waals surface area contributed by atoms with Crippen molar-refractivity contribution >= 4 is 11.8 Å². The van der Waals surface area contributed by atoms with Crippen LogP contribution in [0, 0.1) is 19.7 Å². The molecule has 4 nitrogen and oxygen atoms in total. The van der Waals surface area contributed by atoms with Crippen LogP contribution in [-0.4, -0.2) is 13.2 Å². The molecular weight excluding hydrogens is 309 g/mol. The molecule has 0 aromatic heterocycles. The minimum Gasteiger partial charge on any atom is -0.488 e. The van der Waals surface area contributed by atoms with Gasteiger partial charge in [-0.05, 0) is 55.2 Å². The number of rotatable bonds is 5. The number of ether oxygens (including phenoxy) is 2. The molecule has 0 spiro atoms. The molecular formula is C19H22FNO3. The van der Waals surface area contributed by atoms with E-state index in [1.807, 2.05) is 26.8 Å². The van der Waals surface area contributed by atoms with Crippen LogP contribution in [0.4, 0.5) is 14.9 Å². The van der Waals surface area contributed by atoms with E-state index >= 15 is 0 Å². The van der Waals surface area contributed by atoms with Gasteiger partial charge in [0.25, 0.3) is 0 Å². The number of anilines is 1. The highest BCUT2D eigenvalue weighted by molar-refractivity contribution is 5.85. The Morgan fingerprint density at radius 2 is 1.92 bits per heavy atom. The van der Waals surface area contributed by atoms with E-state index in [2.05, 4.69) is 16.1 Å². The number of carbonyl (C=O) groups excluding carboxylic acids is 1. The smallest absolute Gasteiger partial charge is 0.411 e. The zero-order chi connectivity index (χ0) is 17.7. The van der Waals surface area contributed by atoms with Crippen LogP contribution >= 0.6 is 0 Å². The Kier molecular flexibility index (Phi) is 5.79. The van der Waals surface area contributed by atoms with Crippen molar-refractivity contribution in [1.82, 2.24) is 0 Å². The van der Waals surface area contributed by atoms with Crippen molar-refractivity contribution in [2.24, 2.45) is 0 Å². The molecule has 2 aromatic carbocycles. The predicted molar refractivity (Wildman–Crippen MR) is 92.1 cm³/mol. The Morgan fingerprint density at radius 3 is 2.58 bits per heavy atom. The fourth-order valence-electron chi connectivity index (χ4n) is 2.39. The number of carbonyl (C=O) groups is 1. The number of benzene rings is 2. The highest BCUT2D eigenvalue weighted by Gasteiger charge is 2.13. The van der Waals surface area contributed by atoms with Gasteiger partial charge in [-0.2, -0.15) is 0 Å². The first kappa shape index (κ1) is 17.8. The number of methoxy groups -OCH3 is 1. The lowest BCUT2D eigenvalue weighted by atomic mass is 10.0. The van der Waals surface area contributed by atoms with Crippen LogP contribution in [0.1, 0.15) is 29.2 Å². The molecule has 1 N–H and O–H groups in total. The van der Waals surface area contributed by atoms with Crippen molar-refractivity contribution in [2.45, 2.75) is 33.8 Å². The van der Waals surface area contributed by atoms with E-state index < -0.39 is 11.9 Å². The molecule has 0 aliphatic rings. The summed E-state index contributed by atoms with van der Waals surface area (Å²) in [5, 5.41) is 2.51. The Balaban J connectivity index is 2.26. The maximum atomic E-state index is 14.2. The summed E-state index contributed by atoms with van der Waals surface area (Å²) in [6.45, 7) is 6.12. The molecule has 0 radical (unpaired) electrons. The quantitative estimate of drug-likeness (QED) is 0.859. The molecule has 128 valence electrons. The summed E-state index contributed by atoms with van der Waals surface area (Å²) in [5.41, 5.74) is 3.99. The van der Waals surface area contributed by atoms with Crippen molar-refractivity contribution in [3.63, 3.8) is 0 Å². The first-order valence-corrected chi connectivity index (χ1v) is 7.81. The lowest BCUT2D eigenvalue weighted by Gasteiger charge is -2.16. The number of amides is 1. The van der Waals surface area contributed by atoms with Gasteiger partial charge in [0.1, 0.15) is 18.2 Å². The van der Waals surface area contributed by atoms with Crippen LogP contribution in [0.2, 0.25) is 0 Å². The second-order valence-corrected chi connectivity index (χ2v) is 5.57. The van der Waals surface area contributed by atoms with Crippen molar-refractivity contribution in [3.05, 3.63) is 58.4 Å². The first-order valence-electron chi connectivity index (χ1n) is 7.81. The average Bonchev–Trinajstić information content (AvgIpc) is 2.56. The van der Waals surface area contributed by atoms with Crippen molar-refractivity contribution in [1.29, 1.82) is 0 Å². The third-order valence-electron chi connectivity index (χ3n) is 3.97. The topological polar surface area (TPSA) is 47.6 Å². The number of hydrogen-bond acceptors (Lipinski definition) is 3. The van der Waals surface area contributed by atoms with Gasteiger partial charge in [-0.3, -0.25) is 5.32 Å². The molecule has 0 aliphatic heterocycles. The summed E-state index contributed by atoms with van der Waals surface area (Å²) in [6.07, 6.45) is 0.170.